The molecule has 0 aliphatic heterocycles. The monoisotopic (exact) mass is 529 g/mol. The van der Waals surface area contributed by atoms with Crippen molar-refractivity contribution in [3.05, 3.63) is 66.2 Å². The Bertz CT molecular complexity index is 1360. The third-order valence-electron chi connectivity index (χ3n) is 4.58. The molecule has 0 unspecified atom stereocenters. The number of methoxy groups -OCH3 is 3. The van der Waals surface area contributed by atoms with Gasteiger partial charge in [-0.1, -0.05) is 6.07 Å². The second-order valence-electron chi connectivity index (χ2n) is 6.98. The molecule has 3 N–H and O–H groups in total. The number of nitrogens with one attached hydrogen (secondary N) is 3. The first-order valence-corrected chi connectivity index (χ1v) is 12.2. The van der Waals surface area contributed by atoms with E-state index in [0.29, 0.717) is 17.2 Å². The topological polar surface area (TPSA) is 141 Å². The third-order valence-corrected chi connectivity index (χ3v) is 6.16. The zero-order valence-electron chi connectivity index (χ0n) is 19.5. The van der Waals surface area contributed by atoms with Gasteiger partial charge in [-0.2, -0.15) is 0 Å². The number of carbonyl (C=O) groups excluding carboxylic acids is 1. The summed E-state index contributed by atoms with van der Waals surface area (Å²) in [6.07, 6.45) is 2.92. The van der Waals surface area contributed by atoms with Crippen molar-refractivity contribution < 1.29 is 27.4 Å². The van der Waals surface area contributed by atoms with Crippen LogP contribution in [0.3, 0.4) is 0 Å². The maximum absolute atomic E-state index is 12.6. The molecule has 13 heteroatoms. The van der Waals surface area contributed by atoms with E-state index in [0.717, 1.165) is 5.56 Å². The van der Waals surface area contributed by atoms with E-state index in [9.17, 15) is 13.2 Å². The summed E-state index contributed by atoms with van der Waals surface area (Å²) in [6.45, 7) is 0. The first-order valence-electron chi connectivity index (χ1n) is 10.3. The number of sulfonamides is 1. The number of nitrogens with zero attached hydrogens (tertiary/aromatic N) is 2. The van der Waals surface area contributed by atoms with Crippen molar-refractivity contribution in [3.63, 3.8) is 0 Å². The zero-order valence-corrected chi connectivity index (χ0v) is 21.1. The van der Waals surface area contributed by atoms with Crippen LogP contribution in [0.5, 0.6) is 17.4 Å². The van der Waals surface area contributed by atoms with Crippen LogP contribution in [-0.4, -0.2) is 51.0 Å². The number of hydrogen-bond acceptors (Lipinski definition) is 9. The molecule has 1 heterocycles. The van der Waals surface area contributed by atoms with Gasteiger partial charge in [-0.15, -0.1) is 10.2 Å². The Balaban J connectivity index is 1.56. The van der Waals surface area contributed by atoms with Crippen molar-refractivity contribution in [1.82, 2.24) is 15.5 Å². The van der Waals surface area contributed by atoms with Gasteiger partial charge in [0.25, 0.3) is 10.0 Å². The van der Waals surface area contributed by atoms with Crippen LogP contribution in [0.15, 0.2) is 65.6 Å². The van der Waals surface area contributed by atoms with E-state index in [4.69, 9.17) is 26.4 Å². The lowest BCUT2D eigenvalue weighted by Crippen LogP contribution is -2.32. The Morgan fingerprint density at radius 2 is 1.64 bits per heavy atom. The number of ether oxygens (including phenoxy) is 3. The van der Waals surface area contributed by atoms with Crippen LogP contribution in [0.2, 0.25) is 0 Å². The molecule has 0 spiro atoms. The summed E-state index contributed by atoms with van der Waals surface area (Å²) in [5, 5.41) is 12.8. The number of aromatic nitrogens is 2. The lowest BCUT2D eigenvalue weighted by atomic mass is 10.2. The molecule has 0 aliphatic carbocycles. The summed E-state index contributed by atoms with van der Waals surface area (Å²) in [5.41, 5.74) is 1.21. The van der Waals surface area contributed by atoms with Gasteiger partial charge >= 0.3 is 0 Å². The van der Waals surface area contributed by atoms with Gasteiger partial charge < -0.3 is 19.5 Å². The highest BCUT2D eigenvalue weighted by atomic mass is 32.2. The largest absolute Gasteiger partial charge is 0.493 e. The second-order valence-corrected chi connectivity index (χ2v) is 9.07. The first kappa shape index (κ1) is 26.4. The van der Waals surface area contributed by atoms with E-state index in [1.165, 1.54) is 63.8 Å². The molecule has 0 saturated carbocycles. The molecule has 0 bridgehead atoms. The molecule has 2 aromatic carbocycles. The van der Waals surface area contributed by atoms with Crippen molar-refractivity contribution in [2.75, 3.05) is 31.4 Å². The fourth-order valence-electron chi connectivity index (χ4n) is 2.84. The highest BCUT2D eigenvalue weighted by Gasteiger charge is 2.15. The van der Waals surface area contributed by atoms with Gasteiger partial charge in [0, 0.05) is 17.8 Å². The van der Waals surface area contributed by atoms with E-state index < -0.39 is 15.9 Å². The number of amides is 1. The molecular weight excluding hydrogens is 506 g/mol. The number of benzene rings is 2. The van der Waals surface area contributed by atoms with Crippen LogP contribution >= 0.6 is 12.2 Å². The molecule has 3 aromatic rings. The number of anilines is 2. The summed E-state index contributed by atoms with van der Waals surface area (Å²) in [5.74, 6) is 0.963. The fraction of sp³-hybridized carbons (Fsp3) is 0.130. The number of thiocarbonyl (C=S) groups is 1. The van der Waals surface area contributed by atoms with E-state index in [1.807, 2.05) is 0 Å². The molecule has 0 radical (unpaired) electrons. The molecule has 0 fully saturated rings. The highest BCUT2D eigenvalue weighted by Crippen LogP contribution is 2.28. The lowest BCUT2D eigenvalue weighted by molar-refractivity contribution is -0.115. The maximum atomic E-state index is 12.6. The van der Waals surface area contributed by atoms with Gasteiger partial charge in [0.2, 0.25) is 11.8 Å². The number of carbonyl (C=O) groups is 1. The van der Waals surface area contributed by atoms with Crippen molar-refractivity contribution in [2.24, 2.45) is 0 Å². The lowest BCUT2D eigenvalue weighted by Gasteiger charge is -2.10. The molecule has 36 heavy (non-hydrogen) atoms. The number of rotatable bonds is 9. The Morgan fingerprint density at radius 1 is 0.917 bits per heavy atom. The Morgan fingerprint density at radius 3 is 2.25 bits per heavy atom. The van der Waals surface area contributed by atoms with Gasteiger partial charge in [-0.25, -0.2) is 8.42 Å². The van der Waals surface area contributed by atoms with Crippen molar-refractivity contribution in [3.8, 4) is 17.4 Å². The molecule has 0 aliphatic rings. The summed E-state index contributed by atoms with van der Waals surface area (Å²) in [6, 6.07) is 13.9. The Kier molecular flexibility index (Phi) is 8.76. The van der Waals surface area contributed by atoms with Crippen LogP contribution in [0.25, 0.3) is 6.08 Å². The highest BCUT2D eigenvalue weighted by molar-refractivity contribution is 7.92. The van der Waals surface area contributed by atoms with Crippen molar-refractivity contribution in [1.29, 1.82) is 0 Å². The zero-order chi connectivity index (χ0) is 26.1. The predicted octanol–water partition coefficient (Wildman–Crippen LogP) is 2.83. The standard InChI is InChI=1S/C23H23N5O6S2/c1-32-18-10-4-15(14-19(18)33-2)5-12-21(29)25-23(35)24-16-6-8-17(9-7-16)36(30,31)28-20-11-13-22(34-3)27-26-20/h4-14H,1-3H3,(H,26,28)(H2,24,25,29,35)/b12-5+. The molecule has 0 atom stereocenters. The molecule has 0 saturated heterocycles. The van der Waals surface area contributed by atoms with Crippen LogP contribution in [-0.2, 0) is 14.8 Å². The van der Waals surface area contributed by atoms with E-state index in [1.54, 1.807) is 24.3 Å². The molecule has 11 nitrogen and oxygen atoms in total. The SMILES string of the molecule is COc1ccc(NS(=O)(=O)c2ccc(NC(=S)NC(=O)/C=C/c3ccc(OC)c(OC)c3)cc2)nn1. The van der Waals surface area contributed by atoms with E-state index in [2.05, 4.69) is 25.6 Å². The Labute approximate surface area is 213 Å². The summed E-state index contributed by atoms with van der Waals surface area (Å²) in [4.78, 5) is 12.2. The molecule has 1 aromatic heterocycles. The van der Waals surface area contributed by atoms with Crippen LogP contribution in [0, 0.1) is 0 Å². The number of hydrogen-bond donors (Lipinski definition) is 3. The van der Waals surface area contributed by atoms with Crippen LogP contribution in [0.4, 0.5) is 11.5 Å². The van der Waals surface area contributed by atoms with Crippen LogP contribution < -0.4 is 29.6 Å². The first-order chi connectivity index (χ1) is 17.2. The summed E-state index contributed by atoms with van der Waals surface area (Å²) >= 11 is 5.16. The Hall–Kier alpha value is -4.23. The van der Waals surface area contributed by atoms with Gasteiger partial charge in [0.1, 0.15) is 0 Å². The maximum Gasteiger partial charge on any atom is 0.263 e. The van der Waals surface area contributed by atoms with Crippen molar-refractivity contribution >= 4 is 50.8 Å². The summed E-state index contributed by atoms with van der Waals surface area (Å²) < 4.78 is 42.8. The molecule has 3 rings (SSSR count). The minimum absolute atomic E-state index is 0.00141. The molecular formula is C23H23N5O6S2. The third kappa shape index (κ3) is 7.13. The normalized spacial score (nSPS) is 11.0. The van der Waals surface area contributed by atoms with E-state index >= 15 is 0 Å². The molecule has 1 amide bonds. The average Bonchev–Trinajstić information content (AvgIpc) is 2.87. The van der Waals surface area contributed by atoms with Crippen molar-refractivity contribution in [2.45, 2.75) is 4.90 Å². The van der Waals surface area contributed by atoms with Gasteiger partial charge in [0.15, 0.2) is 22.4 Å². The smallest absolute Gasteiger partial charge is 0.263 e. The fourth-order valence-corrected chi connectivity index (χ4v) is 4.06. The van der Waals surface area contributed by atoms with E-state index in [-0.39, 0.29) is 21.7 Å². The van der Waals surface area contributed by atoms with Crippen LogP contribution in [0.1, 0.15) is 5.56 Å². The predicted molar refractivity (Wildman–Crippen MR) is 139 cm³/mol. The minimum atomic E-state index is -3.89. The summed E-state index contributed by atoms with van der Waals surface area (Å²) in [7, 11) is 0.600. The quantitative estimate of drug-likeness (QED) is 0.280. The van der Waals surface area contributed by atoms with Gasteiger partial charge in [0.05, 0.1) is 26.2 Å². The average molecular weight is 530 g/mol. The van der Waals surface area contributed by atoms with Gasteiger partial charge in [-0.05, 0) is 66.3 Å². The molecule has 188 valence electrons. The second kappa shape index (κ2) is 12.0. The minimum Gasteiger partial charge on any atom is -0.493 e. The van der Waals surface area contributed by atoms with Gasteiger partial charge in [-0.3, -0.25) is 14.8 Å².